The van der Waals surface area contributed by atoms with Gasteiger partial charge in [0.1, 0.15) is 5.60 Å². The van der Waals surface area contributed by atoms with Gasteiger partial charge in [-0.1, -0.05) is 30.3 Å². The van der Waals surface area contributed by atoms with Gasteiger partial charge in [-0.05, 0) is 45.0 Å². The van der Waals surface area contributed by atoms with Crippen molar-refractivity contribution in [2.45, 2.75) is 31.3 Å². The molecule has 0 aliphatic heterocycles. The summed E-state index contributed by atoms with van der Waals surface area (Å²) >= 11 is 1.48. The Kier molecular flexibility index (Phi) is 6.58. The van der Waals surface area contributed by atoms with E-state index >= 15 is 0 Å². The van der Waals surface area contributed by atoms with Crippen LogP contribution in [0.4, 0.5) is 5.69 Å². The average Bonchev–Trinajstić information content (AvgIpc) is 2.58. The third-order valence-electron chi connectivity index (χ3n) is 3.26. The molecule has 2 rings (SSSR count). The topological polar surface area (TPSA) is 69.4 Å². The fourth-order valence-corrected chi connectivity index (χ4v) is 3.02. The molecule has 26 heavy (non-hydrogen) atoms. The van der Waals surface area contributed by atoms with Crippen molar-refractivity contribution in [3.8, 4) is 0 Å². The lowest BCUT2D eigenvalue weighted by atomic mass is 10.1. The first kappa shape index (κ1) is 19.7. The Morgan fingerprint density at radius 3 is 2.35 bits per heavy atom. The maximum Gasteiger partial charge on any atom is 0.335 e. The van der Waals surface area contributed by atoms with Crippen LogP contribution in [0, 0.1) is 10.1 Å². The van der Waals surface area contributed by atoms with Gasteiger partial charge < -0.3 is 4.74 Å². The highest BCUT2D eigenvalue weighted by Crippen LogP contribution is 2.26. The number of esters is 1. The molecule has 2 aromatic rings. The van der Waals surface area contributed by atoms with Gasteiger partial charge >= 0.3 is 5.97 Å². The molecule has 0 saturated carbocycles. The Balaban J connectivity index is 2.33. The highest BCUT2D eigenvalue weighted by atomic mass is 32.2. The van der Waals surface area contributed by atoms with Crippen LogP contribution in [0.1, 0.15) is 26.3 Å². The summed E-state index contributed by atoms with van der Waals surface area (Å²) < 4.78 is 5.47. The first-order valence-electron chi connectivity index (χ1n) is 8.11. The van der Waals surface area contributed by atoms with Gasteiger partial charge in [0.15, 0.2) is 0 Å². The molecule has 0 spiro atoms. The smallest absolute Gasteiger partial charge is 0.335 e. The number of para-hydroxylation sites is 1. The Morgan fingerprint density at radius 1 is 1.12 bits per heavy atom. The van der Waals surface area contributed by atoms with E-state index in [9.17, 15) is 14.9 Å². The maximum absolute atomic E-state index is 12.6. The minimum atomic E-state index is -0.643. The number of carbonyl (C=O) groups is 1. The van der Waals surface area contributed by atoms with Crippen LogP contribution in [0.2, 0.25) is 0 Å². The van der Waals surface area contributed by atoms with Crippen molar-refractivity contribution in [1.82, 2.24) is 0 Å². The second-order valence-electron chi connectivity index (χ2n) is 6.59. The Morgan fingerprint density at radius 2 is 1.73 bits per heavy atom. The Bertz CT molecular complexity index is 810. The monoisotopic (exact) mass is 371 g/mol. The number of thioether (sulfide) groups is 1. The summed E-state index contributed by atoms with van der Waals surface area (Å²) in [5, 5.41) is 11.2. The van der Waals surface area contributed by atoms with Gasteiger partial charge in [0, 0.05) is 22.3 Å². The van der Waals surface area contributed by atoms with Gasteiger partial charge in [-0.25, -0.2) is 4.79 Å². The molecule has 0 saturated heterocycles. The van der Waals surface area contributed by atoms with Crippen molar-refractivity contribution in [2.24, 2.45) is 0 Å². The molecule has 0 amide bonds. The molecular formula is C20H21NO4S. The molecule has 2 aromatic carbocycles. The molecule has 0 aromatic heterocycles. The number of carbonyl (C=O) groups excluding carboxylic acids is 1. The van der Waals surface area contributed by atoms with Crippen LogP contribution < -0.4 is 0 Å². The van der Waals surface area contributed by atoms with Crippen LogP contribution in [0.5, 0.6) is 0 Å². The van der Waals surface area contributed by atoms with E-state index in [-0.39, 0.29) is 5.69 Å². The molecule has 0 radical (unpaired) electrons. The first-order chi connectivity index (χ1) is 12.3. The second kappa shape index (κ2) is 8.67. The number of hydrogen-bond acceptors (Lipinski definition) is 5. The highest BCUT2D eigenvalue weighted by Gasteiger charge is 2.21. The van der Waals surface area contributed by atoms with Crippen LogP contribution in [0.15, 0.2) is 65.1 Å². The third kappa shape index (κ3) is 6.04. The molecule has 0 aliphatic carbocycles. The quantitative estimate of drug-likeness (QED) is 0.232. The fraction of sp³-hybridized carbons (Fsp3) is 0.250. The predicted molar refractivity (Wildman–Crippen MR) is 104 cm³/mol. The Hall–Kier alpha value is -2.60. The summed E-state index contributed by atoms with van der Waals surface area (Å²) in [6.07, 6.45) is 1.54. The zero-order chi connectivity index (χ0) is 19.2. The fourth-order valence-electron chi connectivity index (χ4n) is 2.14. The van der Waals surface area contributed by atoms with Crippen molar-refractivity contribution in [3.63, 3.8) is 0 Å². The van der Waals surface area contributed by atoms with E-state index in [4.69, 9.17) is 4.74 Å². The van der Waals surface area contributed by atoms with Crippen LogP contribution in [0.25, 0.3) is 6.08 Å². The van der Waals surface area contributed by atoms with Crippen molar-refractivity contribution in [3.05, 3.63) is 75.8 Å². The van der Waals surface area contributed by atoms with Gasteiger partial charge in [-0.15, -0.1) is 11.8 Å². The van der Waals surface area contributed by atoms with Crippen LogP contribution >= 0.6 is 11.8 Å². The lowest BCUT2D eigenvalue weighted by molar-refractivity contribution is -0.385. The summed E-state index contributed by atoms with van der Waals surface area (Å²) in [6.45, 7) is 5.37. The van der Waals surface area contributed by atoms with Crippen LogP contribution in [0.3, 0.4) is 0 Å². The SMILES string of the molecule is CC(C)(C)OC(=O)/C(=C/c1ccccc1[N+](=O)[O-])CSc1ccccc1. The molecule has 0 heterocycles. The number of hydrogen-bond donors (Lipinski definition) is 0. The van der Waals surface area contributed by atoms with Crippen molar-refractivity contribution in [2.75, 3.05) is 5.75 Å². The molecule has 0 fully saturated rings. The number of benzene rings is 2. The van der Waals surface area contributed by atoms with Gasteiger partial charge in [0.2, 0.25) is 0 Å². The summed E-state index contributed by atoms with van der Waals surface area (Å²) in [7, 11) is 0. The summed E-state index contributed by atoms with van der Waals surface area (Å²) in [5.74, 6) is -0.121. The third-order valence-corrected chi connectivity index (χ3v) is 4.32. The summed E-state index contributed by atoms with van der Waals surface area (Å²) in [5.41, 5.74) is 0.0734. The Labute approximate surface area is 157 Å². The lowest BCUT2D eigenvalue weighted by Crippen LogP contribution is -2.25. The van der Waals surface area contributed by atoms with Gasteiger partial charge in [0.05, 0.1) is 10.5 Å². The van der Waals surface area contributed by atoms with Crippen molar-refractivity contribution >= 4 is 29.5 Å². The van der Waals surface area contributed by atoms with E-state index in [1.165, 1.54) is 17.8 Å². The van der Waals surface area contributed by atoms with Crippen molar-refractivity contribution < 1.29 is 14.5 Å². The lowest BCUT2D eigenvalue weighted by Gasteiger charge is -2.20. The number of rotatable bonds is 6. The normalized spacial score (nSPS) is 11.9. The zero-order valence-electron chi connectivity index (χ0n) is 15.0. The van der Waals surface area contributed by atoms with E-state index in [0.29, 0.717) is 16.9 Å². The molecule has 6 heteroatoms. The largest absolute Gasteiger partial charge is 0.457 e. The standard InChI is InChI=1S/C20H21NO4S/c1-20(2,3)25-19(22)16(14-26-17-10-5-4-6-11-17)13-15-9-7-8-12-18(15)21(23)24/h4-13H,14H2,1-3H3/b16-13+. The predicted octanol–water partition coefficient (Wildman–Crippen LogP) is 5.11. The number of nitrogens with zero attached hydrogens (tertiary/aromatic N) is 1. The number of nitro benzene ring substituents is 1. The first-order valence-corrected chi connectivity index (χ1v) is 9.10. The molecule has 5 nitrogen and oxygen atoms in total. The average molecular weight is 371 g/mol. The van der Waals surface area contributed by atoms with Gasteiger partial charge in [-0.2, -0.15) is 0 Å². The van der Waals surface area contributed by atoms with E-state index in [2.05, 4.69) is 0 Å². The molecule has 0 bridgehead atoms. The molecule has 0 unspecified atom stereocenters. The molecule has 0 atom stereocenters. The minimum Gasteiger partial charge on any atom is -0.457 e. The van der Waals surface area contributed by atoms with E-state index < -0.39 is 16.5 Å². The summed E-state index contributed by atoms with van der Waals surface area (Å²) in [6, 6.07) is 16.0. The molecule has 0 N–H and O–H groups in total. The molecule has 136 valence electrons. The van der Waals surface area contributed by atoms with Crippen LogP contribution in [-0.4, -0.2) is 22.2 Å². The number of ether oxygens (including phenoxy) is 1. The van der Waals surface area contributed by atoms with Gasteiger partial charge in [-0.3, -0.25) is 10.1 Å². The second-order valence-corrected chi connectivity index (χ2v) is 7.64. The highest BCUT2D eigenvalue weighted by molar-refractivity contribution is 7.99. The molecular weight excluding hydrogens is 350 g/mol. The van der Waals surface area contributed by atoms with Gasteiger partial charge in [0.25, 0.3) is 5.69 Å². The summed E-state index contributed by atoms with van der Waals surface area (Å²) in [4.78, 5) is 24.4. The minimum absolute atomic E-state index is 0.0433. The van der Waals surface area contributed by atoms with Crippen molar-refractivity contribution in [1.29, 1.82) is 0 Å². The van der Waals surface area contributed by atoms with E-state index in [0.717, 1.165) is 4.90 Å². The maximum atomic E-state index is 12.6. The van der Waals surface area contributed by atoms with E-state index in [1.807, 2.05) is 30.3 Å². The molecule has 0 aliphatic rings. The van der Waals surface area contributed by atoms with Crippen LogP contribution in [-0.2, 0) is 9.53 Å². The number of nitro groups is 1. The zero-order valence-corrected chi connectivity index (χ0v) is 15.8. The van der Waals surface area contributed by atoms with E-state index in [1.54, 1.807) is 45.0 Å².